The minimum Gasteiger partial charge on any atom is -0.377 e. The van der Waals surface area contributed by atoms with E-state index >= 15 is 0 Å². The number of piperazine rings is 1. The van der Waals surface area contributed by atoms with Gasteiger partial charge in [0.1, 0.15) is 22.6 Å². The zero-order valence-corrected chi connectivity index (χ0v) is 19.7. The second-order valence-electron chi connectivity index (χ2n) is 7.85. The number of aromatic nitrogens is 4. The zero-order chi connectivity index (χ0) is 22.1. The summed E-state index contributed by atoms with van der Waals surface area (Å²) in [4.78, 5) is 16.4. The molecule has 0 saturated carbocycles. The van der Waals surface area contributed by atoms with Gasteiger partial charge in [-0.15, -0.1) is 11.3 Å². The van der Waals surface area contributed by atoms with Gasteiger partial charge in [0.15, 0.2) is 0 Å². The molecule has 1 aromatic carbocycles. The number of fused-ring (bicyclic) bond motifs is 1. The molecular weight excluding hydrogens is 444 g/mol. The van der Waals surface area contributed by atoms with Gasteiger partial charge < -0.3 is 19.5 Å². The van der Waals surface area contributed by atoms with Gasteiger partial charge >= 0.3 is 0 Å². The normalized spacial score (nSPS) is 14.4. The van der Waals surface area contributed by atoms with Crippen LogP contribution in [0.4, 0.5) is 5.82 Å². The van der Waals surface area contributed by atoms with E-state index in [1.165, 1.54) is 11.3 Å². The fourth-order valence-corrected chi connectivity index (χ4v) is 5.18. The molecule has 1 saturated heterocycles. The summed E-state index contributed by atoms with van der Waals surface area (Å²) in [6.45, 7) is 6.91. The van der Waals surface area contributed by atoms with Crippen molar-refractivity contribution in [3.8, 4) is 11.1 Å². The lowest BCUT2D eigenvalue weighted by atomic mass is 10.1. The number of methoxy groups -OCH3 is 1. The van der Waals surface area contributed by atoms with Gasteiger partial charge in [0, 0.05) is 45.0 Å². The number of rotatable bonds is 6. The number of benzene rings is 1. The number of halogens is 1. The van der Waals surface area contributed by atoms with Crippen molar-refractivity contribution < 1.29 is 4.74 Å². The molecule has 1 fully saturated rings. The van der Waals surface area contributed by atoms with Gasteiger partial charge in [-0.1, -0.05) is 17.7 Å². The zero-order valence-electron chi connectivity index (χ0n) is 18.1. The minimum atomic E-state index is 0.422. The number of hydrogen-bond acceptors (Lipinski definition) is 7. The van der Waals surface area contributed by atoms with E-state index in [4.69, 9.17) is 26.3 Å². The van der Waals surface area contributed by atoms with Crippen LogP contribution in [0.3, 0.4) is 0 Å². The van der Waals surface area contributed by atoms with Crippen molar-refractivity contribution in [3.63, 3.8) is 0 Å². The fraction of sp³-hybridized carbons (Fsp3) is 0.348. The largest absolute Gasteiger partial charge is 0.377 e. The summed E-state index contributed by atoms with van der Waals surface area (Å²) < 4.78 is 8.27. The Bertz CT molecular complexity index is 1230. The molecule has 1 aliphatic rings. The molecule has 0 amide bonds. The molecule has 0 bridgehead atoms. The van der Waals surface area contributed by atoms with E-state index in [9.17, 15) is 0 Å². The summed E-state index contributed by atoms with van der Waals surface area (Å²) in [6, 6.07) is 10.6. The molecule has 166 valence electrons. The first kappa shape index (κ1) is 21.3. The van der Waals surface area contributed by atoms with Crippen LogP contribution in [-0.2, 0) is 17.9 Å². The molecule has 0 radical (unpaired) electrons. The van der Waals surface area contributed by atoms with Crippen molar-refractivity contribution in [1.82, 2.24) is 24.8 Å². The van der Waals surface area contributed by atoms with Crippen molar-refractivity contribution in [3.05, 3.63) is 57.4 Å². The SMILES string of the molecule is COCc1nc2ccc(-c3ccc(N4CCNCC4)nc3)cc2n1Cc1nc(C)sc1Cl. The fourth-order valence-electron chi connectivity index (χ4n) is 4.10. The van der Waals surface area contributed by atoms with Crippen molar-refractivity contribution >= 4 is 39.8 Å². The first-order valence-electron chi connectivity index (χ1n) is 10.6. The number of thiazole rings is 1. The predicted molar refractivity (Wildman–Crippen MR) is 130 cm³/mol. The number of imidazole rings is 1. The second-order valence-corrected chi connectivity index (χ2v) is 9.65. The molecule has 0 aliphatic carbocycles. The third kappa shape index (κ3) is 4.23. The van der Waals surface area contributed by atoms with E-state index < -0.39 is 0 Å². The Morgan fingerprint density at radius 2 is 1.94 bits per heavy atom. The summed E-state index contributed by atoms with van der Waals surface area (Å²) in [5.41, 5.74) is 4.99. The molecule has 3 aromatic heterocycles. The van der Waals surface area contributed by atoms with Gasteiger partial charge in [0.2, 0.25) is 0 Å². The molecule has 4 aromatic rings. The van der Waals surface area contributed by atoms with Gasteiger partial charge in [-0.2, -0.15) is 0 Å². The Kier molecular flexibility index (Phi) is 6.10. The topological polar surface area (TPSA) is 68.1 Å². The van der Waals surface area contributed by atoms with Crippen LogP contribution in [0.1, 0.15) is 16.5 Å². The molecule has 9 heteroatoms. The first-order valence-corrected chi connectivity index (χ1v) is 11.8. The molecule has 5 rings (SSSR count). The Morgan fingerprint density at radius 3 is 2.62 bits per heavy atom. The van der Waals surface area contributed by atoms with Gasteiger partial charge in [0.05, 0.1) is 28.3 Å². The molecule has 1 N–H and O–H groups in total. The smallest absolute Gasteiger partial charge is 0.136 e. The summed E-state index contributed by atoms with van der Waals surface area (Å²) in [5.74, 6) is 1.88. The van der Waals surface area contributed by atoms with Gasteiger partial charge in [-0.05, 0) is 36.8 Å². The Labute approximate surface area is 196 Å². The lowest BCUT2D eigenvalue weighted by molar-refractivity contribution is 0.175. The van der Waals surface area contributed by atoms with E-state index in [-0.39, 0.29) is 0 Å². The molecule has 7 nitrogen and oxygen atoms in total. The highest BCUT2D eigenvalue weighted by molar-refractivity contribution is 7.15. The van der Waals surface area contributed by atoms with E-state index in [0.29, 0.717) is 13.2 Å². The maximum Gasteiger partial charge on any atom is 0.136 e. The van der Waals surface area contributed by atoms with Crippen LogP contribution in [0, 0.1) is 6.92 Å². The van der Waals surface area contributed by atoms with Crippen molar-refractivity contribution in [2.24, 2.45) is 0 Å². The molecule has 0 unspecified atom stereocenters. The molecule has 0 atom stereocenters. The Balaban J connectivity index is 1.50. The molecular formula is C23H25ClN6OS. The van der Waals surface area contributed by atoms with Gasteiger partial charge in [0.25, 0.3) is 0 Å². The maximum atomic E-state index is 6.42. The van der Waals surface area contributed by atoms with Crippen LogP contribution in [0.5, 0.6) is 0 Å². The maximum absolute atomic E-state index is 6.42. The number of hydrogen-bond donors (Lipinski definition) is 1. The molecule has 0 spiro atoms. The third-order valence-corrected chi connectivity index (χ3v) is 6.94. The highest BCUT2D eigenvalue weighted by Gasteiger charge is 2.16. The van der Waals surface area contributed by atoms with Crippen LogP contribution in [-0.4, -0.2) is 52.8 Å². The highest BCUT2D eigenvalue weighted by atomic mass is 35.5. The van der Waals surface area contributed by atoms with E-state index in [0.717, 1.165) is 75.0 Å². The van der Waals surface area contributed by atoms with Gasteiger partial charge in [-0.25, -0.2) is 15.0 Å². The predicted octanol–water partition coefficient (Wildman–Crippen LogP) is 4.12. The highest BCUT2D eigenvalue weighted by Crippen LogP contribution is 2.29. The average Bonchev–Trinajstić information content (AvgIpc) is 3.32. The summed E-state index contributed by atoms with van der Waals surface area (Å²) in [7, 11) is 1.68. The van der Waals surface area contributed by atoms with E-state index in [2.05, 4.69) is 50.1 Å². The average molecular weight is 469 g/mol. The van der Waals surface area contributed by atoms with Crippen LogP contribution in [0.15, 0.2) is 36.5 Å². The molecule has 32 heavy (non-hydrogen) atoms. The Morgan fingerprint density at radius 1 is 1.12 bits per heavy atom. The monoisotopic (exact) mass is 468 g/mol. The van der Waals surface area contributed by atoms with Crippen molar-refractivity contribution in [2.45, 2.75) is 20.1 Å². The minimum absolute atomic E-state index is 0.422. The quantitative estimate of drug-likeness (QED) is 0.459. The number of aryl methyl sites for hydroxylation is 1. The summed E-state index contributed by atoms with van der Waals surface area (Å²) in [6.07, 6.45) is 1.95. The summed E-state index contributed by atoms with van der Waals surface area (Å²) in [5, 5.41) is 4.34. The first-order chi connectivity index (χ1) is 15.6. The van der Waals surface area contributed by atoms with Crippen LogP contribution in [0.25, 0.3) is 22.2 Å². The lowest BCUT2D eigenvalue weighted by Crippen LogP contribution is -2.43. The lowest BCUT2D eigenvalue weighted by Gasteiger charge is -2.28. The van der Waals surface area contributed by atoms with Crippen molar-refractivity contribution in [1.29, 1.82) is 0 Å². The Hall–Kier alpha value is -2.52. The van der Waals surface area contributed by atoms with Crippen LogP contribution < -0.4 is 10.2 Å². The standard InChI is InChI=1S/C23H25ClN6OS/c1-15-27-19(23(24)32-15)13-30-20-11-16(3-5-18(20)28-22(30)14-31-2)17-4-6-21(26-12-17)29-9-7-25-8-10-29/h3-6,11-12,25H,7-10,13-14H2,1-2H3. The number of anilines is 1. The number of nitrogens with zero attached hydrogens (tertiary/aromatic N) is 5. The summed E-state index contributed by atoms with van der Waals surface area (Å²) >= 11 is 7.93. The van der Waals surface area contributed by atoms with Crippen LogP contribution >= 0.6 is 22.9 Å². The van der Waals surface area contributed by atoms with Gasteiger partial charge in [-0.3, -0.25) is 0 Å². The third-order valence-electron chi connectivity index (χ3n) is 5.69. The van der Waals surface area contributed by atoms with Crippen LogP contribution in [0.2, 0.25) is 4.34 Å². The van der Waals surface area contributed by atoms with E-state index in [1.54, 1.807) is 7.11 Å². The number of pyridine rings is 1. The number of nitrogens with one attached hydrogen (secondary N) is 1. The van der Waals surface area contributed by atoms with Crippen molar-refractivity contribution in [2.75, 3.05) is 38.2 Å². The van der Waals surface area contributed by atoms with E-state index in [1.807, 2.05) is 13.1 Å². The molecule has 4 heterocycles. The molecule has 1 aliphatic heterocycles. The number of ether oxygens (including phenoxy) is 1. The second kappa shape index (κ2) is 9.15.